The Morgan fingerprint density at radius 3 is 2.88 bits per heavy atom. The summed E-state index contributed by atoms with van der Waals surface area (Å²) in [5, 5.41) is 3.39. The van der Waals surface area contributed by atoms with Gasteiger partial charge < -0.3 is 15.8 Å². The molecule has 0 aromatic heterocycles. The van der Waals surface area contributed by atoms with Gasteiger partial charge in [0, 0.05) is 12.1 Å². The van der Waals surface area contributed by atoms with Crippen LogP contribution in [0.3, 0.4) is 0 Å². The highest BCUT2D eigenvalue weighted by atomic mass is 16.5. The predicted molar refractivity (Wildman–Crippen MR) is 72.1 cm³/mol. The van der Waals surface area contributed by atoms with Crippen LogP contribution >= 0.6 is 0 Å². The van der Waals surface area contributed by atoms with E-state index in [1.165, 1.54) is 5.56 Å². The molecule has 0 saturated carbocycles. The monoisotopic (exact) mass is 234 g/mol. The van der Waals surface area contributed by atoms with Crippen molar-refractivity contribution in [2.45, 2.75) is 19.4 Å². The summed E-state index contributed by atoms with van der Waals surface area (Å²) in [5.41, 5.74) is 6.63. The molecule has 94 valence electrons. The zero-order valence-electron chi connectivity index (χ0n) is 10.3. The summed E-state index contributed by atoms with van der Waals surface area (Å²) >= 11 is 0. The molecule has 0 amide bonds. The molecule has 0 radical (unpaired) electrons. The molecule has 3 nitrogen and oxygen atoms in total. The Balaban J connectivity index is 2.37. The Morgan fingerprint density at radius 1 is 1.29 bits per heavy atom. The van der Waals surface area contributed by atoms with Crippen LogP contribution in [-0.2, 0) is 6.54 Å². The molecular weight excluding hydrogens is 212 g/mol. The SMILES string of the molecule is C=CCOc1ccccc1CNCCCCN. The molecule has 1 aromatic rings. The van der Waals surface area contributed by atoms with Gasteiger partial charge in [0.05, 0.1) is 0 Å². The standard InChI is InChI=1S/C14H22N2O/c1-2-11-17-14-8-4-3-7-13(14)12-16-10-6-5-9-15/h2-4,7-8,16H,1,5-6,9-12,15H2. The van der Waals surface area contributed by atoms with Gasteiger partial charge in [0.25, 0.3) is 0 Å². The third-order valence-corrected chi connectivity index (χ3v) is 2.45. The van der Waals surface area contributed by atoms with Gasteiger partial charge in [-0.1, -0.05) is 30.9 Å². The lowest BCUT2D eigenvalue weighted by atomic mass is 10.2. The van der Waals surface area contributed by atoms with Crippen molar-refractivity contribution < 1.29 is 4.74 Å². The van der Waals surface area contributed by atoms with Crippen molar-refractivity contribution in [2.75, 3.05) is 19.7 Å². The van der Waals surface area contributed by atoms with E-state index < -0.39 is 0 Å². The van der Waals surface area contributed by atoms with Crippen LogP contribution in [-0.4, -0.2) is 19.7 Å². The molecule has 0 spiro atoms. The Bertz CT molecular complexity index is 326. The van der Waals surface area contributed by atoms with Crippen molar-refractivity contribution in [3.63, 3.8) is 0 Å². The largest absolute Gasteiger partial charge is 0.489 e. The fourth-order valence-electron chi connectivity index (χ4n) is 1.56. The van der Waals surface area contributed by atoms with Gasteiger partial charge in [-0.2, -0.15) is 0 Å². The van der Waals surface area contributed by atoms with E-state index in [1.807, 2.05) is 18.2 Å². The number of para-hydroxylation sites is 1. The lowest BCUT2D eigenvalue weighted by molar-refractivity contribution is 0.358. The Labute approximate surface area is 104 Å². The zero-order chi connectivity index (χ0) is 12.3. The van der Waals surface area contributed by atoms with Crippen LogP contribution < -0.4 is 15.8 Å². The first kappa shape index (κ1) is 13.7. The van der Waals surface area contributed by atoms with Crippen LogP contribution in [0.4, 0.5) is 0 Å². The van der Waals surface area contributed by atoms with E-state index in [1.54, 1.807) is 6.08 Å². The molecule has 0 saturated heterocycles. The van der Waals surface area contributed by atoms with E-state index >= 15 is 0 Å². The summed E-state index contributed by atoms with van der Waals surface area (Å²) in [5.74, 6) is 0.929. The summed E-state index contributed by atoms with van der Waals surface area (Å²) in [6, 6.07) is 8.07. The number of hydrogen-bond acceptors (Lipinski definition) is 3. The summed E-state index contributed by atoms with van der Waals surface area (Å²) in [7, 11) is 0. The van der Waals surface area contributed by atoms with Crippen LogP contribution in [0.15, 0.2) is 36.9 Å². The van der Waals surface area contributed by atoms with Crippen molar-refractivity contribution in [1.82, 2.24) is 5.32 Å². The summed E-state index contributed by atoms with van der Waals surface area (Å²) in [6.45, 7) is 6.78. The van der Waals surface area contributed by atoms with Gasteiger partial charge in [0.2, 0.25) is 0 Å². The van der Waals surface area contributed by atoms with Gasteiger partial charge in [0.1, 0.15) is 12.4 Å². The topological polar surface area (TPSA) is 47.3 Å². The molecule has 0 aliphatic carbocycles. The molecule has 3 N–H and O–H groups in total. The summed E-state index contributed by atoms with van der Waals surface area (Å²) in [4.78, 5) is 0. The molecule has 17 heavy (non-hydrogen) atoms. The van der Waals surface area contributed by atoms with Gasteiger partial charge in [0.15, 0.2) is 0 Å². The fourth-order valence-corrected chi connectivity index (χ4v) is 1.56. The first-order valence-electron chi connectivity index (χ1n) is 6.11. The minimum absolute atomic E-state index is 0.546. The molecule has 0 heterocycles. The summed E-state index contributed by atoms with van der Waals surface area (Å²) < 4.78 is 5.59. The second-order valence-electron chi connectivity index (χ2n) is 3.88. The Hall–Kier alpha value is -1.32. The van der Waals surface area contributed by atoms with Crippen LogP contribution in [0.2, 0.25) is 0 Å². The molecule has 1 rings (SSSR count). The van der Waals surface area contributed by atoms with E-state index in [4.69, 9.17) is 10.5 Å². The molecule has 0 bridgehead atoms. The molecule has 0 atom stereocenters. The average molecular weight is 234 g/mol. The minimum Gasteiger partial charge on any atom is -0.489 e. The highest BCUT2D eigenvalue weighted by Gasteiger charge is 2.01. The first-order chi connectivity index (χ1) is 8.38. The fraction of sp³-hybridized carbons (Fsp3) is 0.429. The van der Waals surface area contributed by atoms with Gasteiger partial charge in [-0.3, -0.25) is 0 Å². The summed E-state index contributed by atoms with van der Waals surface area (Å²) in [6.07, 6.45) is 3.94. The van der Waals surface area contributed by atoms with Gasteiger partial charge >= 0.3 is 0 Å². The molecule has 1 aromatic carbocycles. The van der Waals surface area contributed by atoms with Gasteiger partial charge in [-0.25, -0.2) is 0 Å². The van der Waals surface area contributed by atoms with E-state index in [9.17, 15) is 0 Å². The maximum atomic E-state index is 5.59. The normalized spacial score (nSPS) is 10.2. The van der Waals surface area contributed by atoms with Crippen LogP contribution in [0, 0.1) is 0 Å². The van der Waals surface area contributed by atoms with E-state index in [0.717, 1.165) is 38.2 Å². The molecule has 3 heteroatoms. The van der Waals surface area contributed by atoms with Crippen LogP contribution in [0.25, 0.3) is 0 Å². The molecule has 0 unspecified atom stereocenters. The van der Waals surface area contributed by atoms with Crippen LogP contribution in [0.5, 0.6) is 5.75 Å². The van der Waals surface area contributed by atoms with Crippen molar-refractivity contribution >= 4 is 0 Å². The second-order valence-corrected chi connectivity index (χ2v) is 3.88. The number of unbranched alkanes of at least 4 members (excludes halogenated alkanes) is 1. The van der Waals surface area contributed by atoms with Crippen molar-refractivity contribution in [1.29, 1.82) is 0 Å². The Kier molecular flexibility index (Phi) is 7.11. The second kappa shape index (κ2) is 8.79. The third-order valence-electron chi connectivity index (χ3n) is 2.45. The Morgan fingerprint density at radius 2 is 2.12 bits per heavy atom. The quantitative estimate of drug-likeness (QED) is 0.508. The van der Waals surface area contributed by atoms with Gasteiger partial charge in [-0.05, 0) is 32.0 Å². The third kappa shape index (κ3) is 5.52. The number of hydrogen-bond donors (Lipinski definition) is 2. The highest BCUT2D eigenvalue weighted by Crippen LogP contribution is 2.17. The number of ether oxygens (including phenoxy) is 1. The van der Waals surface area contributed by atoms with E-state index in [-0.39, 0.29) is 0 Å². The molecule has 0 aliphatic heterocycles. The minimum atomic E-state index is 0.546. The molecule has 0 aliphatic rings. The smallest absolute Gasteiger partial charge is 0.124 e. The number of nitrogens with two attached hydrogens (primary N) is 1. The highest BCUT2D eigenvalue weighted by molar-refractivity contribution is 5.33. The van der Waals surface area contributed by atoms with Crippen molar-refractivity contribution in [2.24, 2.45) is 5.73 Å². The van der Waals surface area contributed by atoms with Gasteiger partial charge in [-0.15, -0.1) is 0 Å². The molecule has 0 fully saturated rings. The van der Waals surface area contributed by atoms with Crippen molar-refractivity contribution in [3.8, 4) is 5.75 Å². The number of benzene rings is 1. The lowest BCUT2D eigenvalue weighted by Gasteiger charge is -2.10. The van der Waals surface area contributed by atoms with Crippen LogP contribution in [0.1, 0.15) is 18.4 Å². The zero-order valence-corrected chi connectivity index (χ0v) is 10.3. The van der Waals surface area contributed by atoms with E-state index in [2.05, 4.69) is 18.0 Å². The predicted octanol–water partition coefficient (Wildman–Crippen LogP) is 2.08. The lowest BCUT2D eigenvalue weighted by Crippen LogP contribution is -2.16. The van der Waals surface area contributed by atoms with Crippen molar-refractivity contribution in [3.05, 3.63) is 42.5 Å². The average Bonchev–Trinajstić information content (AvgIpc) is 2.37. The maximum absolute atomic E-state index is 5.59. The molecular formula is C14H22N2O. The number of rotatable bonds is 9. The first-order valence-corrected chi connectivity index (χ1v) is 6.11. The number of nitrogens with one attached hydrogen (secondary N) is 1. The van der Waals surface area contributed by atoms with E-state index in [0.29, 0.717) is 6.61 Å². The maximum Gasteiger partial charge on any atom is 0.124 e.